The van der Waals surface area contributed by atoms with Gasteiger partial charge in [-0.1, -0.05) is 0 Å². The molecule has 1 rings (SSSR count). The van der Waals surface area contributed by atoms with Crippen molar-refractivity contribution in [1.29, 1.82) is 0 Å². The number of likely N-dealkylation sites (N-methyl/N-ethyl adjacent to an activating group) is 1. The molecule has 0 aliphatic heterocycles. The number of rotatable bonds is 6. The Morgan fingerprint density at radius 2 is 2.33 bits per heavy atom. The Balaban J connectivity index is 2.62. The SMILES string of the molecule is CC(C)OCCN(C)C(=O)c1cccnc1NN. The molecule has 0 saturated heterocycles. The van der Waals surface area contributed by atoms with Crippen molar-refractivity contribution in [2.75, 3.05) is 25.6 Å². The van der Waals surface area contributed by atoms with E-state index in [2.05, 4.69) is 10.4 Å². The van der Waals surface area contributed by atoms with Crippen molar-refractivity contribution >= 4 is 11.7 Å². The van der Waals surface area contributed by atoms with Crippen LogP contribution in [0.5, 0.6) is 0 Å². The first-order valence-electron chi connectivity index (χ1n) is 5.85. The fourth-order valence-corrected chi connectivity index (χ4v) is 1.43. The summed E-state index contributed by atoms with van der Waals surface area (Å²) in [5, 5.41) is 0. The molecule has 0 radical (unpaired) electrons. The number of nitrogens with zero attached hydrogens (tertiary/aromatic N) is 2. The molecule has 3 N–H and O–H groups in total. The van der Waals surface area contributed by atoms with Gasteiger partial charge in [-0.25, -0.2) is 10.8 Å². The summed E-state index contributed by atoms with van der Waals surface area (Å²) < 4.78 is 5.41. The van der Waals surface area contributed by atoms with E-state index < -0.39 is 0 Å². The third-order valence-corrected chi connectivity index (χ3v) is 2.40. The molecule has 1 amide bonds. The number of ether oxygens (including phenoxy) is 1. The summed E-state index contributed by atoms with van der Waals surface area (Å²) in [4.78, 5) is 17.7. The van der Waals surface area contributed by atoms with Crippen LogP contribution in [-0.2, 0) is 4.74 Å². The van der Waals surface area contributed by atoms with Gasteiger partial charge in [0.25, 0.3) is 5.91 Å². The van der Waals surface area contributed by atoms with E-state index in [1.54, 1.807) is 30.3 Å². The Kier molecular flexibility index (Phi) is 5.54. The van der Waals surface area contributed by atoms with Gasteiger partial charge in [0.15, 0.2) is 5.82 Å². The lowest BCUT2D eigenvalue weighted by atomic mass is 10.2. The monoisotopic (exact) mass is 252 g/mol. The maximum atomic E-state index is 12.1. The molecule has 18 heavy (non-hydrogen) atoms. The number of hydrazine groups is 1. The molecule has 100 valence electrons. The van der Waals surface area contributed by atoms with Crippen molar-refractivity contribution in [3.05, 3.63) is 23.9 Å². The minimum absolute atomic E-state index is 0.136. The number of aromatic nitrogens is 1. The van der Waals surface area contributed by atoms with Crippen LogP contribution in [-0.4, -0.2) is 42.1 Å². The molecule has 1 aromatic rings. The van der Waals surface area contributed by atoms with Gasteiger partial charge in [0.1, 0.15) is 0 Å². The number of hydrogen-bond donors (Lipinski definition) is 2. The van der Waals surface area contributed by atoms with Crippen LogP contribution in [0.4, 0.5) is 5.82 Å². The number of nitrogens with two attached hydrogens (primary N) is 1. The average Bonchev–Trinajstić information content (AvgIpc) is 2.37. The van der Waals surface area contributed by atoms with Gasteiger partial charge in [0.2, 0.25) is 0 Å². The van der Waals surface area contributed by atoms with E-state index in [0.29, 0.717) is 24.5 Å². The number of nitrogens with one attached hydrogen (secondary N) is 1. The summed E-state index contributed by atoms with van der Waals surface area (Å²) in [7, 11) is 1.72. The zero-order valence-corrected chi connectivity index (χ0v) is 11.0. The van der Waals surface area contributed by atoms with E-state index in [-0.39, 0.29) is 12.0 Å². The standard InChI is InChI=1S/C12H20N4O2/c1-9(2)18-8-7-16(3)12(17)10-5-4-6-14-11(10)15-13/h4-6,9H,7-8,13H2,1-3H3,(H,14,15). The van der Waals surface area contributed by atoms with Gasteiger partial charge in [-0.05, 0) is 26.0 Å². The van der Waals surface area contributed by atoms with E-state index in [4.69, 9.17) is 10.6 Å². The van der Waals surface area contributed by atoms with Crippen LogP contribution in [0, 0.1) is 0 Å². The van der Waals surface area contributed by atoms with Gasteiger partial charge in [-0.15, -0.1) is 0 Å². The summed E-state index contributed by atoms with van der Waals surface area (Å²) in [6.07, 6.45) is 1.74. The van der Waals surface area contributed by atoms with Crippen molar-refractivity contribution in [3.63, 3.8) is 0 Å². The maximum absolute atomic E-state index is 12.1. The lowest BCUT2D eigenvalue weighted by Crippen LogP contribution is -2.31. The zero-order chi connectivity index (χ0) is 13.5. The van der Waals surface area contributed by atoms with E-state index in [9.17, 15) is 4.79 Å². The topological polar surface area (TPSA) is 80.5 Å². The average molecular weight is 252 g/mol. The number of nitrogen functional groups attached to an aromatic ring is 1. The first-order valence-corrected chi connectivity index (χ1v) is 5.85. The predicted molar refractivity (Wildman–Crippen MR) is 70.1 cm³/mol. The second-order valence-electron chi connectivity index (χ2n) is 4.19. The van der Waals surface area contributed by atoms with E-state index in [0.717, 1.165) is 0 Å². The van der Waals surface area contributed by atoms with Crippen LogP contribution in [0.1, 0.15) is 24.2 Å². The molecule has 0 spiro atoms. The molecule has 0 aromatic carbocycles. The molecular weight excluding hydrogens is 232 g/mol. The van der Waals surface area contributed by atoms with Gasteiger partial charge in [-0.2, -0.15) is 0 Å². The quantitative estimate of drug-likeness (QED) is 0.580. The summed E-state index contributed by atoms with van der Waals surface area (Å²) in [5.41, 5.74) is 2.87. The fraction of sp³-hybridized carbons (Fsp3) is 0.500. The highest BCUT2D eigenvalue weighted by atomic mass is 16.5. The molecule has 0 aliphatic carbocycles. The summed E-state index contributed by atoms with van der Waals surface area (Å²) >= 11 is 0. The third-order valence-electron chi connectivity index (χ3n) is 2.40. The Bertz CT molecular complexity index is 395. The molecule has 0 aliphatic rings. The molecule has 1 heterocycles. The highest BCUT2D eigenvalue weighted by molar-refractivity contribution is 5.98. The molecule has 1 aromatic heterocycles. The first kappa shape index (κ1) is 14.4. The summed E-state index contributed by atoms with van der Waals surface area (Å²) in [6, 6.07) is 3.39. The number of hydrogen-bond acceptors (Lipinski definition) is 5. The van der Waals surface area contributed by atoms with Gasteiger partial charge in [0, 0.05) is 19.8 Å². The Hall–Kier alpha value is -1.66. The second-order valence-corrected chi connectivity index (χ2v) is 4.19. The van der Waals surface area contributed by atoms with Crippen LogP contribution in [0.2, 0.25) is 0 Å². The normalized spacial score (nSPS) is 10.5. The zero-order valence-electron chi connectivity index (χ0n) is 11.0. The van der Waals surface area contributed by atoms with Crippen molar-refractivity contribution in [1.82, 2.24) is 9.88 Å². The summed E-state index contributed by atoms with van der Waals surface area (Å²) in [5.74, 6) is 5.56. The van der Waals surface area contributed by atoms with Gasteiger partial charge in [0.05, 0.1) is 18.3 Å². The Labute approximate surface area is 107 Å². The molecule has 6 heteroatoms. The maximum Gasteiger partial charge on any atom is 0.257 e. The third kappa shape index (κ3) is 3.97. The van der Waals surface area contributed by atoms with E-state index >= 15 is 0 Å². The largest absolute Gasteiger partial charge is 0.377 e. The molecule has 6 nitrogen and oxygen atoms in total. The van der Waals surface area contributed by atoms with Gasteiger partial charge in [-0.3, -0.25) is 4.79 Å². The van der Waals surface area contributed by atoms with Crippen molar-refractivity contribution in [3.8, 4) is 0 Å². The molecule has 0 unspecified atom stereocenters. The summed E-state index contributed by atoms with van der Waals surface area (Å²) in [6.45, 7) is 4.94. The van der Waals surface area contributed by atoms with Crippen LogP contribution in [0.3, 0.4) is 0 Å². The minimum atomic E-state index is -0.136. The predicted octanol–water partition coefficient (Wildman–Crippen LogP) is 0.864. The minimum Gasteiger partial charge on any atom is -0.377 e. The number of amides is 1. The number of carbonyl (C=O) groups is 1. The number of anilines is 1. The molecular formula is C12H20N4O2. The van der Waals surface area contributed by atoms with E-state index in [1.165, 1.54) is 0 Å². The van der Waals surface area contributed by atoms with Crippen molar-refractivity contribution in [2.24, 2.45) is 5.84 Å². The molecule has 0 atom stereocenters. The molecule has 0 bridgehead atoms. The number of carbonyl (C=O) groups excluding carboxylic acids is 1. The molecule has 0 saturated carbocycles. The van der Waals surface area contributed by atoms with Crippen LogP contribution < -0.4 is 11.3 Å². The van der Waals surface area contributed by atoms with Crippen molar-refractivity contribution < 1.29 is 9.53 Å². The fourth-order valence-electron chi connectivity index (χ4n) is 1.43. The lowest BCUT2D eigenvalue weighted by molar-refractivity contribution is 0.0532. The Morgan fingerprint density at radius 1 is 1.61 bits per heavy atom. The van der Waals surface area contributed by atoms with E-state index in [1.807, 2.05) is 13.8 Å². The van der Waals surface area contributed by atoms with Gasteiger partial charge < -0.3 is 15.1 Å². The smallest absolute Gasteiger partial charge is 0.257 e. The van der Waals surface area contributed by atoms with Crippen LogP contribution >= 0.6 is 0 Å². The highest BCUT2D eigenvalue weighted by Gasteiger charge is 2.15. The van der Waals surface area contributed by atoms with Crippen LogP contribution in [0.15, 0.2) is 18.3 Å². The first-order chi connectivity index (χ1) is 8.56. The lowest BCUT2D eigenvalue weighted by Gasteiger charge is -2.19. The van der Waals surface area contributed by atoms with Crippen LogP contribution in [0.25, 0.3) is 0 Å². The second kappa shape index (κ2) is 6.93. The highest BCUT2D eigenvalue weighted by Crippen LogP contribution is 2.12. The van der Waals surface area contributed by atoms with Crippen molar-refractivity contribution in [2.45, 2.75) is 20.0 Å². The number of pyridine rings is 1. The Morgan fingerprint density at radius 3 is 2.94 bits per heavy atom. The molecule has 0 fully saturated rings. The van der Waals surface area contributed by atoms with Gasteiger partial charge >= 0.3 is 0 Å².